The molecule has 0 bridgehead atoms. The van der Waals surface area contributed by atoms with Crippen LogP contribution < -0.4 is 5.56 Å². The minimum Gasteiger partial charge on any atom is -0.329 e. The molecule has 1 N–H and O–H groups in total. The van der Waals surface area contributed by atoms with E-state index in [2.05, 4.69) is 4.98 Å². The molecular formula is C17H23NO2. The summed E-state index contributed by atoms with van der Waals surface area (Å²) >= 11 is 0. The van der Waals surface area contributed by atoms with E-state index >= 15 is 0 Å². The topological polar surface area (TPSA) is 49.9 Å². The molecule has 3 nitrogen and oxygen atoms in total. The van der Waals surface area contributed by atoms with Gasteiger partial charge in [-0.05, 0) is 19.4 Å². The summed E-state index contributed by atoms with van der Waals surface area (Å²) < 4.78 is 0. The number of aromatic nitrogens is 1. The molecule has 108 valence electrons. The average Bonchev–Trinajstić information content (AvgIpc) is 2.48. The third-order valence-corrected chi connectivity index (χ3v) is 2.35. The van der Waals surface area contributed by atoms with Crippen molar-refractivity contribution < 1.29 is 4.79 Å². The van der Waals surface area contributed by atoms with E-state index in [1.807, 2.05) is 45.9 Å². The predicted molar refractivity (Wildman–Crippen MR) is 84.8 cm³/mol. The van der Waals surface area contributed by atoms with E-state index in [0.717, 1.165) is 5.56 Å². The van der Waals surface area contributed by atoms with Crippen LogP contribution in [0.4, 0.5) is 0 Å². The first-order chi connectivity index (χ1) is 9.67. The molecule has 1 heterocycles. The number of rotatable bonds is 5. The SMILES string of the molecule is CC.C\C=C/C=C(\C=C/C)C(=O)Cc1ccc(=O)[nH]c1. The molecule has 0 atom stereocenters. The number of nitrogens with one attached hydrogen (secondary N) is 1. The predicted octanol–water partition coefficient (Wildman–Crippen LogP) is 3.59. The van der Waals surface area contributed by atoms with Crippen LogP contribution in [0.15, 0.2) is 59.1 Å². The standard InChI is InChI=1S/C15H17NO2.C2H6/c1-3-5-7-13(6-4-2)14(17)10-12-8-9-15(18)16-11-12;1-2/h3-9,11H,10H2,1-2H3,(H,16,18);1-2H3/b5-3-,6-4-,13-7+;. The zero-order valence-electron chi connectivity index (χ0n) is 12.6. The lowest BCUT2D eigenvalue weighted by molar-refractivity contribution is -0.114. The smallest absolute Gasteiger partial charge is 0.247 e. The lowest BCUT2D eigenvalue weighted by atomic mass is 10.0. The van der Waals surface area contributed by atoms with Crippen molar-refractivity contribution in [2.45, 2.75) is 34.1 Å². The lowest BCUT2D eigenvalue weighted by Crippen LogP contribution is -2.08. The van der Waals surface area contributed by atoms with Crippen LogP contribution in [0.5, 0.6) is 0 Å². The molecule has 0 saturated carbocycles. The van der Waals surface area contributed by atoms with Crippen molar-refractivity contribution in [3.8, 4) is 0 Å². The van der Waals surface area contributed by atoms with Gasteiger partial charge in [0.1, 0.15) is 0 Å². The van der Waals surface area contributed by atoms with Crippen LogP contribution in [0.2, 0.25) is 0 Å². The number of H-pyrrole nitrogens is 1. The second-order valence-electron chi connectivity index (χ2n) is 3.81. The minimum absolute atomic E-state index is 0.0262. The van der Waals surface area contributed by atoms with Gasteiger partial charge in [-0.3, -0.25) is 9.59 Å². The van der Waals surface area contributed by atoms with Crippen LogP contribution in [0.1, 0.15) is 33.3 Å². The third kappa shape index (κ3) is 6.69. The highest BCUT2D eigenvalue weighted by Gasteiger charge is 2.07. The number of allylic oxidation sites excluding steroid dienone is 6. The number of hydrogen-bond donors (Lipinski definition) is 1. The molecule has 0 saturated heterocycles. The Balaban J connectivity index is 0.00000172. The van der Waals surface area contributed by atoms with Crippen LogP contribution in [0.3, 0.4) is 0 Å². The summed E-state index contributed by atoms with van der Waals surface area (Å²) in [4.78, 5) is 25.5. The van der Waals surface area contributed by atoms with Crippen molar-refractivity contribution in [1.82, 2.24) is 4.98 Å². The summed E-state index contributed by atoms with van der Waals surface area (Å²) in [6, 6.07) is 3.09. The molecule has 1 aromatic rings. The van der Waals surface area contributed by atoms with E-state index in [-0.39, 0.29) is 17.8 Å². The van der Waals surface area contributed by atoms with E-state index in [1.54, 1.807) is 24.4 Å². The molecule has 0 fully saturated rings. The highest BCUT2D eigenvalue weighted by atomic mass is 16.1. The minimum atomic E-state index is -0.163. The molecule has 1 aromatic heterocycles. The summed E-state index contributed by atoms with van der Waals surface area (Å²) in [6.45, 7) is 7.77. The van der Waals surface area contributed by atoms with Crippen LogP contribution in [-0.4, -0.2) is 10.8 Å². The normalized spacial score (nSPS) is 11.5. The fourth-order valence-corrected chi connectivity index (χ4v) is 1.46. The third-order valence-electron chi connectivity index (χ3n) is 2.35. The second kappa shape index (κ2) is 10.7. The molecule has 20 heavy (non-hydrogen) atoms. The Morgan fingerprint density at radius 1 is 1.20 bits per heavy atom. The van der Waals surface area contributed by atoms with Crippen molar-refractivity contribution in [3.05, 3.63) is 70.2 Å². The van der Waals surface area contributed by atoms with Gasteiger partial charge >= 0.3 is 0 Å². The van der Waals surface area contributed by atoms with Gasteiger partial charge in [-0.25, -0.2) is 0 Å². The fourth-order valence-electron chi connectivity index (χ4n) is 1.46. The number of Topliss-reactive ketones (excluding diaryl/α,β-unsaturated/α-hetero) is 1. The van der Waals surface area contributed by atoms with Gasteiger partial charge in [0, 0.05) is 24.3 Å². The van der Waals surface area contributed by atoms with Crippen molar-refractivity contribution in [2.24, 2.45) is 0 Å². The van der Waals surface area contributed by atoms with Crippen LogP contribution >= 0.6 is 0 Å². The number of aromatic amines is 1. The van der Waals surface area contributed by atoms with E-state index < -0.39 is 0 Å². The molecule has 0 spiro atoms. The van der Waals surface area contributed by atoms with E-state index in [0.29, 0.717) is 5.57 Å². The Bertz CT molecular complexity index is 528. The monoisotopic (exact) mass is 273 g/mol. The van der Waals surface area contributed by atoms with Gasteiger partial charge in [-0.2, -0.15) is 0 Å². The lowest BCUT2D eigenvalue weighted by Gasteiger charge is -2.01. The number of carbonyl (C=O) groups excluding carboxylic acids is 1. The molecular weight excluding hydrogens is 250 g/mol. The maximum Gasteiger partial charge on any atom is 0.247 e. The second-order valence-corrected chi connectivity index (χ2v) is 3.81. The first-order valence-corrected chi connectivity index (χ1v) is 6.84. The maximum atomic E-state index is 12.0. The van der Waals surface area contributed by atoms with Crippen molar-refractivity contribution in [3.63, 3.8) is 0 Å². The number of hydrogen-bond acceptors (Lipinski definition) is 2. The summed E-state index contributed by atoms with van der Waals surface area (Å²) in [5.41, 5.74) is 1.29. The number of pyridine rings is 1. The van der Waals surface area contributed by atoms with Crippen LogP contribution in [-0.2, 0) is 11.2 Å². The molecule has 0 aromatic carbocycles. The number of carbonyl (C=O) groups is 1. The molecule has 0 radical (unpaired) electrons. The summed E-state index contributed by atoms with van der Waals surface area (Å²) in [5.74, 6) is 0.0262. The Hall–Kier alpha value is -2.16. The maximum absolute atomic E-state index is 12.0. The first kappa shape index (κ1) is 17.8. The average molecular weight is 273 g/mol. The van der Waals surface area contributed by atoms with Crippen LogP contribution in [0.25, 0.3) is 0 Å². The van der Waals surface area contributed by atoms with Gasteiger partial charge < -0.3 is 4.98 Å². The zero-order valence-corrected chi connectivity index (χ0v) is 12.6. The van der Waals surface area contributed by atoms with Gasteiger partial charge in [0.2, 0.25) is 5.56 Å². The molecule has 0 aliphatic rings. The highest BCUT2D eigenvalue weighted by Crippen LogP contribution is 2.06. The van der Waals surface area contributed by atoms with Gasteiger partial charge in [0.05, 0.1) is 0 Å². The van der Waals surface area contributed by atoms with E-state index in [4.69, 9.17) is 0 Å². The molecule has 1 rings (SSSR count). The summed E-state index contributed by atoms with van der Waals surface area (Å²) in [5, 5.41) is 0. The van der Waals surface area contributed by atoms with Crippen molar-refractivity contribution >= 4 is 5.78 Å². The van der Waals surface area contributed by atoms with Gasteiger partial charge in [0.15, 0.2) is 5.78 Å². The Morgan fingerprint density at radius 3 is 2.40 bits per heavy atom. The van der Waals surface area contributed by atoms with Crippen LogP contribution in [0, 0.1) is 0 Å². The number of ketones is 1. The fraction of sp³-hybridized carbons (Fsp3) is 0.294. The molecule has 0 aliphatic carbocycles. The zero-order chi connectivity index (χ0) is 15.4. The van der Waals surface area contributed by atoms with Gasteiger partial charge in [0.25, 0.3) is 0 Å². The first-order valence-electron chi connectivity index (χ1n) is 6.84. The highest BCUT2D eigenvalue weighted by molar-refractivity contribution is 5.99. The molecule has 0 aliphatic heterocycles. The quantitative estimate of drug-likeness (QED) is 0.658. The summed E-state index contributed by atoms with van der Waals surface area (Å²) in [6.07, 6.45) is 11.0. The molecule has 0 unspecified atom stereocenters. The van der Waals surface area contributed by atoms with Crippen molar-refractivity contribution in [2.75, 3.05) is 0 Å². The van der Waals surface area contributed by atoms with Gasteiger partial charge in [-0.1, -0.05) is 50.3 Å². The van der Waals surface area contributed by atoms with E-state index in [9.17, 15) is 9.59 Å². The molecule has 3 heteroatoms. The van der Waals surface area contributed by atoms with Gasteiger partial charge in [-0.15, -0.1) is 0 Å². The Morgan fingerprint density at radius 2 is 1.90 bits per heavy atom. The van der Waals surface area contributed by atoms with E-state index in [1.165, 1.54) is 6.07 Å². The largest absolute Gasteiger partial charge is 0.329 e. The Kier molecular flexibility index (Phi) is 9.57. The Labute approximate surface area is 120 Å². The van der Waals surface area contributed by atoms with Crippen molar-refractivity contribution in [1.29, 1.82) is 0 Å². The summed E-state index contributed by atoms with van der Waals surface area (Å²) in [7, 11) is 0. The molecule has 0 amide bonds.